The van der Waals surface area contributed by atoms with Gasteiger partial charge in [-0.3, -0.25) is 0 Å². The summed E-state index contributed by atoms with van der Waals surface area (Å²) in [4.78, 5) is 2.63. The van der Waals surface area contributed by atoms with Gasteiger partial charge in [0.2, 0.25) is 0 Å². The maximum Gasteiger partial charge on any atom is 0.256 e. The van der Waals surface area contributed by atoms with E-state index in [1.807, 2.05) is 11.3 Å². The van der Waals surface area contributed by atoms with Gasteiger partial charge in [0.1, 0.15) is 11.5 Å². The molecule has 326 valence electrons. The molecule has 12 aromatic rings. The summed E-state index contributed by atoms with van der Waals surface area (Å²) in [5.74, 6) is 1.84. The zero-order valence-corrected chi connectivity index (χ0v) is 39.5. The van der Waals surface area contributed by atoms with Gasteiger partial charge < -0.3 is 18.8 Å². The fourth-order valence-electron chi connectivity index (χ4n) is 11.7. The van der Waals surface area contributed by atoms with Crippen LogP contribution in [0.5, 0.6) is 11.5 Å². The summed E-state index contributed by atoms with van der Waals surface area (Å²) < 4.78 is 15.0. The van der Waals surface area contributed by atoms with Crippen molar-refractivity contribution in [1.29, 1.82) is 0 Å². The molecule has 0 saturated carbocycles. The Morgan fingerprint density at radius 3 is 1.66 bits per heavy atom. The highest BCUT2D eigenvalue weighted by atomic mass is 32.1. The van der Waals surface area contributed by atoms with Crippen molar-refractivity contribution in [1.82, 2.24) is 9.13 Å². The van der Waals surface area contributed by atoms with E-state index in [1.54, 1.807) is 0 Å². The Labute approximate surface area is 400 Å². The van der Waals surface area contributed by atoms with E-state index in [2.05, 4.69) is 224 Å². The van der Waals surface area contributed by atoms with Gasteiger partial charge >= 0.3 is 0 Å². The first-order valence-corrected chi connectivity index (χ1v) is 25.0. The first-order valence-electron chi connectivity index (χ1n) is 24.2. The van der Waals surface area contributed by atoms with Gasteiger partial charge in [-0.25, -0.2) is 0 Å². The van der Waals surface area contributed by atoms with Crippen LogP contribution in [0.25, 0.3) is 75.2 Å². The largest absolute Gasteiger partial charge is 0.458 e. The molecule has 0 radical (unpaired) electrons. The molecule has 14 rings (SSSR count). The summed E-state index contributed by atoms with van der Waals surface area (Å²) in [6.45, 7) is 9.23. The second-order valence-corrected chi connectivity index (χ2v) is 20.9. The number of aryl methyl sites for hydroxylation is 1. The third kappa shape index (κ3) is 5.67. The smallest absolute Gasteiger partial charge is 0.256 e. The second kappa shape index (κ2) is 14.7. The molecule has 0 unspecified atom stereocenters. The Kier molecular flexibility index (Phi) is 8.58. The molecular weight excluding hydrogens is 846 g/mol. The molecule has 3 aromatic heterocycles. The highest BCUT2D eigenvalue weighted by Gasteiger charge is 2.43. The van der Waals surface area contributed by atoms with Crippen molar-refractivity contribution in [3.05, 3.63) is 193 Å². The van der Waals surface area contributed by atoms with Crippen LogP contribution < -0.4 is 26.0 Å². The zero-order chi connectivity index (χ0) is 45.4. The first-order chi connectivity index (χ1) is 33.3. The first kappa shape index (κ1) is 39.6. The number of unbranched alkanes of at least 4 members (excludes halogenated alkanes) is 1. The van der Waals surface area contributed by atoms with Gasteiger partial charge in [0.25, 0.3) is 6.71 Å². The SMILES string of the molecule is CCCCc1c(N2c3cc(-n4c5ccccc5c5ccccc54)ccc3B3c4ccc(-n5c6ccccc6c6ccccc65)cc4Oc4cc(C(C)(C)C)cc2c43)ccc2c1sc1ccccc12. The Morgan fingerprint density at radius 2 is 1.06 bits per heavy atom. The lowest BCUT2D eigenvalue weighted by Crippen LogP contribution is -2.59. The fourth-order valence-corrected chi connectivity index (χ4v) is 13.0. The van der Waals surface area contributed by atoms with E-state index in [0.29, 0.717) is 0 Å². The fraction of sp³-hybridized carbons (Fsp3) is 0.129. The minimum absolute atomic E-state index is 0.0597. The molecule has 9 aromatic carbocycles. The normalized spacial score (nSPS) is 13.2. The highest BCUT2D eigenvalue weighted by Crippen LogP contribution is 2.49. The van der Waals surface area contributed by atoms with Gasteiger partial charge in [0.05, 0.1) is 27.8 Å². The molecule has 0 amide bonds. The molecule has 6 heteroatoms. The number of anilines is 3. The predicted molar refractivity (Wildman–Crippen MR) is 291 cm³/mol. The molecule has 0 saturated heterocycles. The molecule has 0 spiro atoms. The van der Waals surface area contributed by atoms with Gasteiger partial charge in [0, 0.05) is 70.5 Å². The molecule has 4 nitrogen and oxygen atoms in total. The van der Waals surface area contributed by atoms with E-state index >= 15 is 0 Å². The van der Waals surface area contributed by atoms with Crippen LogP contribution in [0.1, 0.15) is 51.7 Å². The third-order valence-corrected chi connectivity index (χ3v) is 16.2. The van der Waals surface area contributed by atoms with Crippen LogP contribution in [-0.2, 0) is 11.8 Å². The topological polar surface area (TPSA) is 22.3 Å². The molecule has 68 heavy (non-hydrogen) atoms. The zero-order valence-electron chi connectivity index (χ0n) is 38.7. The van der Waals surface area contributed by atoms with E-state index in [4.69, 9.17) is 4.74 Å². The Balaban J connectivity index is 1.06. The van der Waals surface area contributed by atoms with Gasteiger partial charge in [-0.05, 0) is 113 Å². The highest BCUT2D eigenvalue weighted by molar-refractivity contribution is 7.26. The van der Waals surface area contributed by atoms with E-state index in [-0.39, 0.29) is 12.1 Å². The van der Waals surface area contributed by atoms with E-state index < -0.39 is 0 Å². The van der Waals surface area contributed by atoms with Crippen molar-refractivity contribution >= 4 is 115 Å². The van der Waals surface area contributed by atoms with E-state index in [1.165, 1.54) is 108 Å². The predicted octanol–water partition coefficient (Wildman–Crippen LogP) is 15.3. The number of hydrogen-bond acceptors (Lipinski definition) is 3. The van der Waals surface area contributed by atoms with Crippen molar-refractivity contribution in [3.8, 4) is 22.9 Å². The monoisotopic (exact) mass is 893 g/mol. The molecule has 5 heterocycles. The number of thiophene rings is 1. The third-order valence-electron chi connectivity index (χ3n) is 14.9. The summed E-state index contributed by atoms with van der Waals surface area (Å²) >= 11 is 1.94. The molecule has 2 aliphatic heterocycles. The molecule has 0 atom stereocenters. The van der Waals surface area contributed by atoms with Crippen LogP contribution in [0.4, 0.5) is 17.1 Å². The average Bonchev–Trinajstić information content (AvgIpc) is 4.03. The number of nitrogens with zero attached hydrogens (tertiary/aromatic N) is 3. The number of fused-ring (bicyclic) bond motifs is 13. The molecule has 2 aliphatic rings. The maximum atomic E-state index is 7.36. The Morgan fingerprint density at radius 1 is 0.500 bits per heavy atom. The van der Waals surface area contributed by atoms with Crippen LogP contribution in [0.3, 0.4) is 0 Å². The van der Waals surface area contributed by atoms with Crippen LogP contribution in [0, 0.1) is 0 Å². The van der Waals surface area contributed by atoms with E-state index in [0.717, 1.165) is 42.1 Å². The van der Waals surface area contributed by atoms with Gasteiger partial charge in [-0.2, -0.15) is 0 Å². The minimum Gasteiger partial charge on any atom is -0.458 e. The van der Waals surface area contributed by atoms with Crippen molar-refractivity contribution in [3.63, 3.8) is 0 Å². The summed E-state index contributed by atoms with van der Waals surface area (Å²) in [6.07, 6.45) is 3.22. The second-order valence-electron chi connectivity index (χ2n) is 19.9. The summed E-state index contributed by atoms with van der Waals surface area (Å²) in [7, 11) is 0. The quantitative estimate of drug-likeness (QED) is 0.155. The Hall–Kier alpha value is -7.54. The number of para-hydroxylation sites is 4. The van der Waals surface area contributed by atoms with Crippen LogP contribution in [-0.4, -0.2) is 15.8 Å². The number of hydrogen-bond donors (Lipinski definition) is 0. The molecule has 0 fully saturated rings. The number of aromatic nitrogens is 2. The van der Waals surface area contributed by atoms with Crippen molar-refractivity contribution in [2.75, 3.05) is 4.90 Å². The van der Waals surface area contributed by atoms with Crippen LogP contribution in [0.2, 0.25) is 0 Å². The van der Waals surface area contributed by atoms with Crippen molar-refractivity contribution in [2.24, 2.45) is 0 Å². The van der Waals surface area contributed by atoms with E-state index in [9.17, 15) is 0 Å². The molecule has 0 aliphatic carbocycles. The molecule has 0 N–H and O–H groups in total. The average molecular weight is 894 g/mol. The maximum absolute atomic E-state index is 7.36. The Bertz CT molecular complexity index is 3960. The molecule has 0 bridgehead atoms. The molecular formula is C62H48BN3OS. The van der Waals surface area contributed by atoms with Crippen molar-refractivity contribution in [2.45, 2.75) is 52.4 Å². The van der Waals surface area contributed by atoms with Crippen LogP contribution >= 0.6 is 11.3 Å². The van der Waals surface area contributed by atoms with Gasteiger partial charge in [0.15, 0.2) is 0 Å². The van der Waals surface area contributed by atoms with Crippen LogP contribution in [0.15, 0.2) is 182 Å². The number of ether oxygens (including phenoxy) is 1. The lowest BCUT2D eigenvalue weighted by atomic mass is 9.34. The summed E-state index contributed by atoms with van der Waals surface area (Å²) in [6, 6.07) is 68.0. The van der Waals surface area contributed by atoms with Gasteiger partial charge in [-0.15, -0.1) is 11.3 Å². The van der Waals surface area contributed by atoms with Gasteiger partial charge in [-0.1, -0.05) is 143 Å². The standard InChI is InChI=1S/C62H48BN3OS/c1-5-6-17-47-54(33-30-46-45-22-11-16-27-59(45)68-61(46)47)66-55-36-39(64-50-23-12-7-18-41(50)42-19-8-13-24-51(42)64)28-31-48(55)63-49-32-29-40(65-52-25-14-9-20-43(52)44-21-10-15-26-53(44)65)37-57(49)67-58-35-38(62(2,3)4)34-56(66)60(58)63/h7-16,18-37H,5-6,17H2,1-4H3. The number of rotatable bonds is 6. The minimum atomic E-state index is -0.146. The number of benzene rings is 9. The summed E-state index contributed by atoms with van der Waals surface area (Å²) in [5, 5.41) is 7.70. The summed E-state index contributed by atoms with van der Waals surface area (Å²) in [5.41, 5.74) is 16.9. The lowest BCUT2D eigenvalue weighted by Gasteiger charge is -2.42. The van der Waals surface area contributed by atoms with Crippen molar-refractivity contribution < 1.29 is 4.74 Å². The lowest BCUT2D eigenvalue weighted by molar-refractivity contribution is 0.483.